The number of nitrogens with zero attached hydrogens (tertiary/aromatic N) is 4. The summed E-state index contributed by atoms with van der Waals surface area (Å²) < 4.78 is 7.88. The molecule has 5 rings (SSSR count). The maximum Gasteiger partial charge on any atom is 0.271 e. The fraction of sp³-hybridized carbons (Fsp3) is 0.560. The Balaban J connectivity index is 1.25. The van der Waals surface area contributed by atoms with E-state index >= 15 is 0 Å². The normalized spacial score (nSPS) is 19.9. The molecule has 0 bridgehead atoms. The Morgan fingerprint density at radius 3 is 2.69 bits per heavy atom. The van der Waals surface area contributed by atoms with Crippen molar-refractivity contribution < 1.29 is 9.32 Å². The lowest BCUT2D eigenvalue weighted by molar-refractivity contribution is 0.0699. The quantitative estimate of drug-likeness (QED) is 0.653. The Labute approximate surface area is 189 Å². The molecule has 1 amide bonds. The number of rotatable bonds is 3. The van der Waals surface area contributed by atoms with Crippen molar-refractivity contribution in [2.24, 2.45) is 18.4 Å². The summed E-state index contributed by atoms with van der Waals surface area (Å²) in [5, 5.41) is 11.7. The Hall–Kier alpha value is -2.83. The van der Waals surface area contributed by atoms with Crippen molar-refractivity contribution in [2.45, 2.75) is 58.8 Å². The van der Waals surface area contributed by atoms with Gasteiger partial charge in [0.1, 0.15) is 17.1 Å². The molecule has 0 radical (unpaired) electrons. The minimum absolute atomic E-state index is 0.0174. The largest absolute Gasteiger partial charge is 0.361 e. The second-order valence-electron chi connectivity index (χ2n) is 10.5. The summed E-state index contributed by atoms with van der Waals surface area (Å²) >= 11 is 0. The molecular formula is C25H33N5O2. The maximum absolute atomic E-state index is 13.1. The lowest BCUT2D eigenvalue weighted by Gasteiger charge is -2.34. The standard InChI is InChI=1S/C25H33N5O2/c1-25(2,3)17-7-8-19-18(14-17)23(32-28-19)16-9-12-30(13-10-16)24(31)21-15-20(26-27-21)22-6-5-11-29(22)4/h5-6,11,15-17H,7-10,12-14H2,1-4H3,(H,26,27). The van der Waals surface area contributed by atoms with Crippen molar-refractivity contribution in [2.75, 3.05) is 13.1 Å². The molecule has 7 nitrogen and oxygen atoms in total. The zero-order chi connectivity index (χ0) is 22.5. The molecule has 1 N–H and O–H groups in total. The summed E-state index contributed by atoms with van der Waals surface area (Å²) in [5.74, 6) is 2.10. The van der Waals surface area contributed by atoms with Crippen molar-refractivity contribution >= 4 is 5.91 Å². The van der Waals surface area contributed by atoms with E-state index in [2.05, 4.69) is 36.1 Å². The number of aromatic nitrogens is 4. The third kappa shape index (κ3) is 3.78. The van der Waals surface area contributed by atoms with E-state index in [4.69, 9.17) is 4.52 Å². The minimum Gasteiger partial charge on any atom is -0.361 e. The first-order chi connectivity index (χ1) is 15.3. The van der Waals surface area contributed by atoms with Gasteiger partial charge in [-0.05, 0) is 61.6 Å². The molecule has 0 aromatic carbocycles. The van der Waals surface area contributed by atoms with Crippen molar-refractivity contribution in [3.63, 3.8) is 0 Å². The van der Waals surface area contributed by atoms with E-state index in [-0.39, 0.29) is 5.91 Å². The minimum atomic E-state index is 0.0174. The van der Waals surface area contributed by atoms with Crippen LogP contribution >= 0.6 is 0 Å². The van der Waals surface area contributed by atoms with Gasteiger partial charge in [0.25, 0.3) is 5.91 Å². The molecule has 0 saturated carbocycles. The van der Waals surface area contributed by atoms with Gasteiger partial charge in [-0.1, -0.05) is 25.9 Å². The summed E-state index contributed by atoms with van der Waals surface area (Å²) in [4.78, 5) is 15.0. The summed E-state index contributed by atoms with van der Waals surface area (Å²) in [6, 6.07) is 5.82. The van der Waals surface area contributed by atoms with Gasteiger partial charge in [-0.25, -0.2) is 0 Å². The SMILES string of the molecule is Cn1cccc1-c1cc(C(=O)N2CCC(c3onc4c3CC(C(C)(C)C)CC4)CC2)[nH]n1. The zero-order valence-electron chi connectivity index (χ0n) is 19.5. The fourth-order valence-electron chi connectivity index (χ4n) is 5.30. The van der Waals surface area contributed by atoms with E-state index in [1.54, 1.807) is 0 Å². The molecule has 1 fully saturated rings. The fourth-order valence-corrected chi connectivity index (χ4v) is 5.30. The lowest BCUT2D eigenvalue weighted by Crippen LogP contribution is -2.38. The molecule has 4 heterocycles. The highest BCUT2D eigenvalue weighted by Crippen LogP contribution is 2.41. The van der Waals surface area contributed by atoms with Crippen LogP contribution in [0.4, 0.5) is 0 Å². The van der Waals surface area contributed by atoms with Crippen LogP contribution in [-0.4, -0.2) is 43.8 Å². The molecule has 32 heavy (non-hydrogen) atoms. The first-order valence-corrected chi connectivity index (χ1v) is 11.7. The molecule has 3 aromatic rings. The lowest BCUT2D eigenvalue weighted by atomic mass is 9.71. The number of H-pyrrole nitrogens is 1. The van der Waals surface area contributed by atoms with Gasteiger partial charge in [-0.3, -0.25) is 9.89 Å². The third-order valence-electron chi connectivity index (χ3n) is 7.47. The number of aromatic amines is 1. The molecule has 1 aliphatic heterocycles. The molecule has 2 aliphatic rings. The van der Waals surface area contributed by atoms with Gasteiger partial charge in [0.15, 0.2) is 0 Å². The van der Waals surface area contributed by atoms with Gasteiger partial charge < -0.3 is 14.0 Å². The van der Waals surface area contributed by atoms with Crippen LogP contribution in [0.2, 0.25) is 0 Å². The van der Waals surface area contributed by atoms with Crippen molar-refractivity contribution in [1.82, 2.24) is 24.8 Å². The van der Waals surface area contributed by atoms with Crippen molar-refractivity contribution in [3.8, 4) is 11.4 Å². The molecule has 7 heteroatoms. The number of hydrogen-bond donors (Lipinski definition) is 1. The zero-order valence-corrected chi connectivity index (χ0v) is 19.5. The monoisotopic (exact) mass is 435 g/mol. The van der Waals surface area contributed by atoms with Gasteiger partial charge >= 0.3 is 0 Å². The van der Waals surface area contributed by atoms with E-state index < -0.39 is 0 Å². The summed E-state index contributed by atoms with van der Waals surface area (Å²) in [6.45, 7) is 8.44. The highest BCUT2D eigenvalue weighted by Gasteiger charge is 2.36. The highest BCUT2D eigenvalue weighted by atomic mass is 16.5. The third-order valence-corrected chi connectivity index (χ3v) is 7.47. The number of carbonyl (C=O) groups is 1. The first kappa shape index (κ1) is 21.0. The van der Waals surface area contributed by atoms with Crippen LogP contribution in [0.15, 0.2) is 28.9 Å². The van der Waals surface area contributed by atoms with E-state index in [9.17, 15) is 4.79 Å². The van der Waals surface area contributed by atoms with E-state index in [1.165, 1.54) is 12.0 Å². The Morgan fingerprint density at radius 2 is 2.00 bits per heavy atom. The Bertz CT molecular complexity index is 1110. The molecule has 170 valence electrons. The van der Waals surface area contributed by atoms with Gasteiger partial charge in [0, 0.05) is 37.8 Å². The number of likely N-dealkylation sites (tertiary alicyclic amines) is 1. The molecule has 1 saturated heterocycles. The number of piperidine rings is 1. The number of nitrogens with one attached hydrogen (secondary N) is 1. The second kappa shape index (κ2) is 7.94. The smallest absolute Gasteiger partial charge is 0.271 e. The average molecular weight is 436 g/mol. The maximum atomic E-state index is 13.1. The Kier molecular flexibility index (Phi) is 5.22. The van der Waals surface area contributed by atoms with E-state index in [0.717, 1.165) is 61.6 Å². The van der Waals surface area contributed by atoms with Gasteiger partial charge in [0.2, 0.25) is 0 Å². The highest BCUT2D eigenvalue weighted by molar-refractivity contribution is 5.93. The summed E-state index contributed by atoms with van der Waals surface area (Å²) in [6.07, 6.45) is 7.06. The van der Waals surface area contributed by atoms with Crippen LogP contribution in [-0.2, 0) is 19.9 Å². The molecule has 1 unspecified atom stereocenters. The van der Waals surface area contributed by atoms with Crippen molar-refractivity contribution in [1.29, 1.82) is 0 Å². The molecule has 1 atom stereocenters. The number of hydrogen-bond acceptors (Lipinski definition) is 4. The summed E-state index contributed by atoms with van der Waals surface area (Å²) in [7, 11) is 1.97. The van der Waals surface area contributed by atoms with Crippen LogP contribution in [0.5, 0.6) is 0 Å². The van der Waals surface area contributed by atoms with E-state index in [0.29, 0.717) is 22.9 Å². The Morgan fingerprint density at radius 1 is 1.22 bits per heavy atom. The van der Waals surface area contributed by atoms with Gasteiger partial charge in [-0.2, -0.15) is 5.10 Å². The van der Waals surface area contributed by atoms with Crippen LogP contribution in [0.3, 0.4) is 0 Å². The molecule has 0 spiro atoms. The number of aryl methyl sites for hydroxylation is 2. The van der Waals surface area contributed by atoms with Crippen LogP contribution < -0.4 is 0 Å². The summed E-state index contributed by atoms with van der Waals surface area (Å²) in [5.41, 5.74) is 5.13. The topological polar surface area (TPSA) is 80.0 Å². The van der Waals surface area contributed by atoms with Crippen LogP contribution in [0.1, 0.15) is 73.5 Å². The number of amides is 1. The van der Waals surface area contributed by atoms with Gasteiger partial charge in [0.05, 0.1) is 11.4 Å². The molecular weight excluding hydrogens is 402 g/mol. The van der Waals surface area contributed by atoms with Gasteiger partial charge in [-0.15, -0.1) is 0 Å². The number of carbonyl (C=O) groups excluding carboxylic acids is 1. The van der Waals surface area contributed by atoms with Crippen molar-refractivity contribution in [3.05, 3.63) is 47.1 Å². The van der Waals surface area contributed by atoms with Crippen LogP contribution in [0, 0.1) is 11.3 Å². The second-order valence-corrected chi connectivity index (χ2v) is 10.5. The van der Waals surface area contributed by atoms with E-state index in [1.807, 2.05) is 40.9 Å². The predicted octanol–water partition coefficient (Wildman–Crippen LogP) is 4.57. The first-order valence-electron chi connectivity index (χ1n) is 11.7. The predicted molar refractivity (Wildman–Crippen MR) is 122 cm³/mol. The number of fused-ring (bicyclic) bond motifs is 1. The van der Waals surface area contributed by atoms with Crippen LogP contribution in [0.25, 0.3) is 11.4 Å². The molecule has 3 aromatic heterocycles. The average Bonchev–Trinajstić information content (AvgIpc) is 3.51. The molecule has 1 aliphatic carbocycles.